The van der Waals surface area contributed by atoms with E-state index in [9.17, 15) is 9.90 Å². The summed E-state index contributed by atoms with van der Waals surface area (Å²) in [5.74, 6) is -0.195. The van der Waals surface area contributed by atoms with Gasteiger partial charge in [0.25, 0.3) is 0 Å². The van der Waals surface area contributed by atoms with E-state index >= 15 is 0 Å². The Bertz CT molecular complexity index is 998. The Morgan fingerprint density at radius 3 is 2.43 bits per heavy atom. The van der Waals surface area contributed by atoms with Crippen LogP contribution in [0.1, 0.15) is 60.5 Å². The molecule has 1 aromatic carbocycles. The number of carbonyl (C=O) groups is 1. The monoisotopic (exact) mass is 519 g/mol. The number of benzene rings is 1. The normalized spacial score (nSPS) is 32.3. The fourth-order valence-corrected chi connectivity index (χ4v) is 5.42. The molecule has 0 radical (unpaired) electrons. The third kappa shape index (κ3) is 5.81. The van der Waals surface area contributed by atoms with Crippen molar-refractivity contribution in [1.82, 2.24) is 4.90 Å². The van der Waals surface area contributed by atoms with E-state index in [1.54, 1.807) is 18.1 Å². The minimum atomic E-state index is -1.16. The standard InChI is InChI=1S/C28H41NO8/c1-25(2,3)36-24(31)29-19(17-34-26(29,4)5)15-28-22(30)14-13-21(23(28)35-27(6,7)37-28)33-16-18-9-11-20(32-8)12-10-18/h9-14,19,21-23,30H,15-17H2,1-8H3/t19-,21+,22+,23-,28+/m0/s1. The van der Waals surface area contributed by atoms with E-state index in [4.69, 9.17) is 28.4 Å². The summed E-state index contributed by atoms with van der Waals surface area (Å²) in [4.78, 5) is 14.8. The molecule has 1 aromatic rings. The molecular formula is C28H41NO8. The number of aliphatic hydroxyl groups is 1. The number of amides is 1. The highest BCUT2D eigenvalue weighted by atomic mass is 16.8. The van der Waals surface area contributed by atoms with Crippen LogP contribution in [0.3, 0.4) is 0 Å². The van der Waals surface area contributed by atoms with Gasteiger partial charge in [-0.1, -0.05) is 24.3 Å². The van der Waals surface area contributed by atoms with Crippen molar-refractivity contribution in [3.63, 3.8) is 0 Å². The van der Waals surface area contributed by atoms with Crippen LogP contribution >= 0.6 is 0 Å². The van der Waals surface area contributed by atoms with Crippen LogP contribution in [-0.2, 0) is 30.3 Å². The van der Waals surface area contributed by atoms with Crippen molar-refractivity contribution in [3.05, 3.63) is 42.0 Å². The lowest BCUT2D eigenvalue weighted by Crippen LogP contribution is -2.61. The summed E-state index contributed by atoms with van der Waals surface area (Å²) in [6, 6.07) is 7.25. The van der Waals surface area contributed by atoms with Crippen LogP contribution in [0.2, 0.25) is 0 Å². The van der Waals surface area contributed by atoms with Gasteiger partial charge < -0.3 is 33.5 Å². The molecule has 9 heteroatoms. The average molecular weight is 520 g/mol. The van der Waals surface area contributed by atoms with Crippen LogP contribution in [0.4, 0.5) is 4.79 Å². The summed E-state index contributed by atoms with van der Waals surface area (Å²) in [6.45, 7) is 13.4. The van der Waals surface area contributed by atoms with Crippen molar-refractivity contribution in [2.45, 2.75) is 109 Å². The van der Waals surface area contributed by atoms with E-state index in [-0.39, 0.29) is 13.0 Å². The van der Waals surface area contributed by atoms with Gasteiger partial charge in [-0.25, -0.2) is 4.79 Å². The maximum atomic E-state index is 13.2. The van der Waals surface area contributed by atoms with Crippen molar-refractivity contribution in [2.24, 2.45) is 0 Å². The Labute approximate surface area is 219 Å². The van der Waals surface area contributed by atoms with Crippen molar-refractivity contribution in [3.8, 4) is 5.75 Å². The molecule has 2 saturated heterocycles. The molecule has 2 heterocycles. The van der Waals surface area contributed by atoms with E-state index in [0.717, 1.165) is 11.3 Å². The molecular weight excluding hydrogens is 478 g/mol. The predicted octanol–water partition coefficient (Wildman–Crippen LogP) is 4.16. The van der Waals surface area contributed by atoms with Gasteiger partial charge >= 0.3 is 6.09 Å². The zero-order chi connectivity index (χ0) is 27.2. The number of fused-ring (bicyclic) bond motifs is 1. The molecule has 3 aliphatic rings. The Morgan fingerprint density at radius 1 is 1.14 bits per heavy atom. The number of aliphatic hydroxyl groups excluding tert-OH is 1. The Hall–Kier alpha value is -2.17. The van der Waals surface area contributed by atoms with Gasteiger partial charge in [0, 0.05) is 6.42 Å². The van der Waals surface area contributed by atoms with Gasteiger partial charge in [-0.2, -0.15) is 0 Å². The van der Waals surface area contributed by atoms with E-state index < -0.39 is 53.2 Å². The zero-order valence-corrected chi connectivity index (χ0v) is 23.1. The van der Waals surface area contributed by atoms with Crippen LogP contribution in [0.15, 0.2) is 36.4 Å². The largest absolute Gasteiger partial charge is 0.497 e. The van der Waals surface area contributed by atoms with Gasteiger partial charge in [0.05, 0.1) is 26.4 Å². The summed E-state index contributed by atoms with van der Waals surface area (Å²) >= 11 is 0. The summed E-state index contributed by atoms with van der Waals surface area (Å²) in [5, 5.41) is 11.3. The van der Waals surface area contributed by atoms with Gasteiger partial charge in [-0.15, -0.1) is 0 Å². The molecule has 2 aliphatic heterocycles. The highest BCUT2D eigenvalue weighted by Gasteiger charge is 2.63. The molecule has 0 aromatic heterocycles. The van der Waals surface area contributed by atoms with Crippen LogP contribution < -0.4 is 4.74 Å². The summed E-state index contributed by atoms with van der Waals surface area (Å²) in [7, 11) is 1.63. The second-order valence-corrected chi connectivity index (χ2v) is 11.9. The molecule has 1 amide bonds. The van der Waals surface area contributed by atoms with Crippen LogP contribution in [0, 0.1) is 0 Å². The number of carbonyl (C=O) groups excluding carboxylic acids is 1. The lowest BCUT2D eigenvalue weighted by atomic mass is 9.77. The predicted molar refractivity (Wildman–Crippen MR) is 136 cm³/mol. The summed E-state index contributed by atoms with van der Waals surface area (Å²) in [5.41, 5.74) is -1.72. The molecule has 4 rings (SSSR count). The van der Waals surface area contributed by atoms with Gasteiger partial charge in [0.2, 0.25) is 0 Å². The fourth-order valence-electron chi connectivity index (χ4n) is 5.42. The van der Waals surface area contributed by atoms with Crippen LogP contribution in [0.5, 0.6) is 5.75 Å². The lowest BCUT2D eigenvalue weighted by molar-refractivity contribution is -0.183. The minimum Gasteiger partial charge on any atom is -0.497 e. The molecule has 0 saturated carbocycles. The van der Waals surface area contributed by atoms with E-state index in [2.05, 4.69) is 0 Å². The van der Waals surface area contributed by atoms with E-state index in [1.165, 1.54) is 0 Å². The highest BCUT2D eigenvalue weighted by Crippen LogP contribution is 2.48. The molecule has 2 fully saturated rings. The number of ether oxygens (including phenoxy) is 6. The molecule has 9 nitrogen and oxygen atoms in total. The molecule has 0 spiro atoms. The Kier molecular flexibility index (Phi) is 7.42. The summed E-state index contributed by atoms with van der Waals surface area (Å²) < 4.78 is 36.1. The SMILES string of the molecule is COc1ccc(CO[C@@H]2C=C[C@@H](O)[C@@]3(C[C@H]4COC(C)(C)N4C(=O)OC(C)(C)C)OC(C)(C)O[C@@H]23)cc1. The first kappa shape index (κ1) is 27.9. The van der Waals surface area contributed by atoms with Gasteiger partial charge in [-0.3, -0.25) is 4.90 Å². The fraction of sp³-hybridized carbons (Fsp3) is 0.679. The van der Waals surface area contributed by atoms with Crippen LogP contribution in [0.25, 0.3) is 0 Å². The van der Waals surface area contributed by atoms with Gasteiger partial charge in [-0.05, 0) is 66.2 Å². The van der Waals surface area contributed by atoms with Gasteiger partial charge in [0.1, 0.15) is 41.0 Å². The van der Waals surface area contributed by atoms with E-state index in [0.29, 0.717) is 6.61 Å². The molecule has 1 N–H and O–H groups in total. The first-order valence-corrected chi connectivity index (χ1v) is 12.8. The van der Waals surface area contributed by atoms with Crippen molar-refractivity contribution in [2.75, 3.05) is 13.7 Å². The van der Waals surface area contributed by atoms with Crippen molar-refractivity contribution >= 4 is 6.09 Å². The molecule has 0 bridgehead atoms. The smallest absolute Gasteiger partial charge is 0.412 e. The zero-order valence-electron chi connectivity index (χ0n) is 23.1. The van der Waals surface area contributed by atoms with E-state index in [1.807, 2.05) is 78.8 Å². The Morgan fingerprint density at radius 2 is 1.81 bits per heavy atom. The quantitative estimate of drug-likeness (QED) is 0.560. The number of hydrogen-bond acceptors (Lipinski definition) is 8. The second kappa shape index (κ2) is 9.85. The number of rotatable bonds is 6. The topological polar surface area (TPSA) is 95.9 Å². The first-order chi connectivity index (χ1) is 17.2. The second-order valence-electron chi connectivity index (χ2n) is 11.9. The number of hydrogen-bond donors (Lipinski definition) is 1. The third-order valence-corrected chi connectivity index (χ3v) is 6.93. The molecule has 0 unspecified atom stereocenters. The minimum absolute atomic E-state index is 0.275. The highest BCUT2D eigenvalue weighted by molar-refractivity contribution is 5.69. The lowest BCUT2D eigenvalue weighted by Gasteiger charge is -2.44. The number of methoxy groups -OCH3 is 1. The molecule has 206 valence electrons. The van der Waals surface area contributed by atoms with Crippen molar-refractivity contribution in [1.29, 1.82) is 0 Å². The third-order valence-electron chi connectivity index (χ3n) is 6.93. The Balaban J connectivity index is 1.58. The molecule has 37 heavy (non-hydrogen) atoms. The molecule has 1 aliphatic carbocycles. The molecule has 5 atom stereocenters. The average Bonchev–Trinajstić information content (AvgIpc) is 3.25. The maximum Gasteiger partial charge on any atom is 0.412 e. The summed E-state index contributed by atoms with van der Waals surface area (Å²) in [6.07, 6.45) is 1.27. The van der Waals surface area contributed by atoms with Crippen molar-refractivity contribution < 1.29 is 38.3 Å². The number of nitrogens with zero attached hydrogens (tertiary/aromatic N) is 1. The first-order valence-electron chi connectivity index (χ1n) is 12.8. The van der Waals surface area contributed by atoms with Crippen LogP contribution in [-0.4, -0.2) is 76.9 Å². The van der Waals surface area contributed by atoms with Gasteiger partial charge in [0.15, 0.2) is 5.79 Å². The maximum absolute atomic E-state index is 13.2.